The van der Waals surface area contributed by atoms with Crippen molar-refractivity contribution in [1.29, 1.82) is 0 Å². The van der Waals surface area contributed by atoms with E-state index in [0.717, 1.165) is 27.4 Å². The first-order valence-electron chi connectivity index (χ1n) is 12.7. The van der Waals surface area contributed by atoms with Gasteiger partial charge in [-0.2, -0.15) is 0 Å². The smallest absolute Gasteiger partial charge is 0.410 e. The summed E-state index contributed by atoms with van der Waals surface area (Å²) < 4.78 is 9.50. The molecule has 0 bridgehead atoms. The molecule has 0 saturated carbocycles. The fraction of sp³-hybridized carbons (Fsp3) is 0.300. The molecule has 5 rings (SSSR count). The predicted molar refractivity (Wildman–Crippen MR) is 148 cm³/mol. The van der Waals surface area contributed by atoms with E-state index in [-0.39, 0.29) is 6.09 Å². The Morgan fingerprint density at radius 1 is 0.895 bits per heavy atom. The van der Waals surface area contributed by atoms with Crippen LogP contribution in [-0.2, 0) is 27.9 Å². The Morgan fingerprint density at radius 3 is 2.08 bits per heavy atom. The largest absolute Gasteiger partial charge is 0.444 e. The van der Waals surface area contributed by atoms with Crippen molar-refractivity contribution in [2.24, 2.45) is 7.05 Å². The van der Waals surface area contributed by atoms with E-state index in [2.05, 4.69) is 9.88 Å². The molecule has 38 heavy (non-hydrogen) atoms. The standard InChI is InChI=1S/C30H32N4O4/c1-30(2,3)38-29(37)32(4)15-10-16-34-18-22(20-12-7-9-14-24(20)34)26-25(27(35)31-28(26)36)21-17-33(5)23-13-8-6-11-19(21)23/h6-9,11-14,17-18H,10,15-16H2,1-5H3,(H,31,35,36). The number of amides is 3. The summed E-state index contributed by atoms with van der Waals surface area (Å²) in [6.07, 6.45) is 4.18. The minimum atomic E-state index is -0.550. The Kier molecular flexibility index (Phi) is 6.34. The highest BCUT2D eigenvalue weighted by atomic mass is 16.6. The molecule has 0 saturated heterocycles. The van der Waals surface area contributed by atoms with Crippen LogP contribution in [0.5, 0.6) is 0 Å². The fourth-order valence-electron chi connectivity index (χ4n) is 5.05. The molecule has 8 nitrogen and oxygen atoms in total. The Morgan fingerprint density at radius 2 is 1.45 bits per heavy atom. The van der Waals surface area contributed by atoms with Crippen molar-refractivity contribution >= 4 is 50.9 Å². The average molecular weight is 513 g/mol. The highest BCUT2D eigenvalue weighted by Crippen LogP contribution is 2.38. The first-order valence-corrected chi connectivity index (χ1v) is 12.7. The van der Waals surface area contributed by atoms with Gasteiger partial charge in [0.25, 0.3) is 11.8 Å². The number of nitrogens with zero attached hydrogens (tertiary/aromatic N) is 3. The van der Waals surface area contributed by atoms with E-state index < -0.39 is 17.4 Å². The van der Waals surface area contributed by atoms with E-state index in [1.807, 2.05) is 93.3 Å². The van der Waals surface area contributed by atoms with Gasteiger partial charge in [-0.15, -0.1) is 0 Å². The van der Waals surface area contributed by atoms with Gasteiger partial charge >= 0.3 is 6.09 Å². The van der Waals surface area contributed by atoms with E-state index in [1.54, 1.807) is 11.9 Å². The molecule has 3 heterocycles. The molecule has 2 aromatic carbocycles. The predicted octanol–water partition coefficient (Wildman–Crippen LogP) is 4.96. The molecule has 0 unspecified atom stereocenters. The van der Waals surface area contributed by atoms with E-state index in [9.17, 15) is 14.4 Å². The molecule has 8 heteroatoms. The van der Waals surface area contributed by atoms with Gasteiger partial charge in [-0.3, -0.25) is 14.9 Å². The number of para-hydroxylation sites is 2. The summed E-state index contributed by atoms with van der Waals surface area (Å²) in [6.45, 7) is 6.67. The maximum Gasteiger partial charge on any atom is 0.410 e. The van der Waals surface area contributed by atoms with Gasteiger partial charge in [-0.1, -0.05) is 36.4 Å². The number of rotatable bonds is 6. The Balaban J connectivity index is 1.52. The van der Waals surface area contributed by atoms with Crippen LogP contribution in [0.15, 0.2) is 60.9 Å². The van der Waals surface area contributed by atoms with Gasteiger partial charge in [0.15, 0.2) is 0 Å². The minimum absolute atomic E-state index is 0.360. The summed E-state index contributed by atoms with van der Waals surface area (Å²) >= 11 is 0. The molecular formula is C30H32N4O4. The third-order valence-corrected chi connectivity index (χ3v) is 6.75. The molecule has 1 N–H and O–H groups in total. The summed E-state index contributed by atoms with van der Waals surface area (Å²) in [5.41, 5.74) is 3.61. The molecule has 0 spiro atoms. The molecule has 1 aliphatic heterocycles. The molecule has 3 amide bonds. The van der Waals surface area contributed by atoms with E-state index in [0.29, 0.717) is 36.2 Å². The molecule has 0 atom stereocenters. The van der Waals surface area contributed by atoms with E-state index in [4.69, 9.17) is 4.74 Å². The van der Waals surface area contributed by atoms with Gasteiger partial charge in [0, 0.05) is 72.5 Å². The summed E-state index contributed by atoms with van der Waals surface area (Å²) in [5, 5.41) is 4.33. The summed E-state index contributed by atoms with van der Waals surface area (Å²) in [6, 6.07) is 15.7. The normalized spacial score (nSPS) is 14.0. The number of benzene rings is 2. The van der Waals surface area contributed by atoms with Crippen molar-refractivity contribution in [2.45, 2.75) is 39.3 Å². The fourth-order valence-corrected chi connectivity index (χ4v) is 5.05. The lowest BCUT2D eigenvalue weighted by Gasteiger charge is -2.24. The highest BCUT2D eigenvalue weighted by Gasteiger charge is 2.35. The molecule has 0 fully saturated rings. The summed E-state index contributed by atoms with van der Waals surface area (Å²) in [4.78, 5) is 40.2. The molecule has 196 valence electrons. The van der Waals surface area contributed by atoms with Crippen molar-refractivity contribution in [3.63, 3.8) is 0 Å². The minimum Gasteiger partial charge on any atom is -0.444 e. The second-order valence-corrected chi connectivity index (χ2v) is 10.7. The zero-order valence-electron chi connectivity index (χ0n) is 22.4. The number of aryl methyl sites for hydroxylation is 2. The molecule has 0 radical (unpaired) electrons. The maximum absolute atomic E-state index is 13.2. The molecule has 1 aliphatic rings. The van der Waals surface area contributed by atoms with Crippen molar-refractivity contribution in [1.82, 2.24) is 19.4 Å². The topological polar surface area (TPSA) is 85.6 Å². The number of aromatic nitrogens is 2. The van der Waals surface area contributed by atoms with Gasteiger partial charge in [-0.05, 0) is 39.3 Å². The third-order valence-electron chi connectivity index (χ3n) is 6.75. The zero-order valence-corrected chi connectivity index (χ0v) is 22.4. The Labute approximate surface area is 221 Å². The molecule has 0 aliphatic carbocycles. The number of hydrogen-bond acceptors (Lipinski definition) is 4. The van der Waals surface area contributed by atoms with Gasteiger partial charge in [-0.25, -0.2) is 4.79 Å². The van der Waals surface area contributed by atoms with Crippen molar-refractivity contribution in [3.05, 3.63) is 72.1 Å². The maximum atomic E-state index is 13.2. The molecule has 2 aromatic heterocycles. The van der Waals surface area contributed by atoms with Crippen LogP contribution in [0.4, 0.5) is 4.79 Å². The summed E-state index contributed by atoms with van der Waals surface area (Å²) in [7, 11) is 3.66. The van der Waals surface area contributed by atoms with Crippen LogP contribution >= 0.6 is 0 Å². The number of carbonyl (C=O) groups is 3. The zero-order chi connectivity index (χ0) is 27.2. The third kappa shape index (κ3) is 4.58. The SMILES string of the molecule is CN(CCCn1cc(C2=C(c3cn(C)c4ccccc34)C(=O)NC2=O)c2ccccc21)C(=O)OC(C)(C)C. The van der Waals surface area contributed by atoms with E-state index in [1.165, 1.54) is 0 Å². The number of imide groups is 1. The van der Waals surface area contributed by atoms with Crippen LogP contribution in [0, 0.1) is 0 Å². The molecule has 4 aromatic rings. The monoisotopic (exact) mass is 512 g/mol. The Hall–Kier alpha value is -4.33. The number of carbonyl (C=O) groups excluding carboxylic acids is 3. The Bertz CT molecular complexity index is 1620. The lowest BCUT2D eigenvalue weighted by atomic mass is 9.95. The van der Waals surface area contributed by atoms with E-state index >= 15 is 0 Å². The second kappa shape index (κ2) is 9.52. The van der Waals surface area contributed by atoms with Crippen molar-refractivity contribution in [2.75, 3.05) is 13.6 Å². The number of hydrogen-bond donors (Lipinski definition) is 1. The van der Waals surface area contributed by atoms with Crippen LogP contribution in [-0.4, -0.2) is 51.1 Å². The second-order valence-electron chi connectivity index (χ2n) is 10.7. The lowest BCUT2D eigenvalue weighted by Crippen LogP contribution is -2.35. The van der Waals surface area contributed by atoms with Crippen LogP contribution < -0.4 is 5.32 Å². The highest BCUT2D eigenvalue weighted by molar-refractivity contribution is 6.50. The number of fused-ring (bicyclic) bond motifs is 2. The van der Waals surface area contributed by atoms with Crippen LogP contribution in [0.1, 0.15) is 38.3 Å². The quantitative estimate of drug-likeness (QED) is 0.370. The van der Waals surface area contributed by atoms with Gasteiger partial charge in [0.1, 0.15) is 5.60 Å². The first-order chi connectivity index (χ1) is 18.0. The average Bonchev–Trinajstić information content (AvgIpc) is 3.48. The van der Waals surface area contributed by atoms with Gasteiger partial charge in [0.05, 0.1) is 11.1 Å². The number of nitrogens with one attached hydrogen (secondary N) is 1. The van der Waals surface area contributed by atoms with Crippen LogP contribution in [0.25, 0.3) is 33.0 Å². The van der Waals surface area contributed by atoms with Crippen molar-refractivity contribution in [3.8, 4) is 0 Å². The number of ether oxygens (including phenoxy) is 1. The summed E-state index contributed by atoms with van der Waals surface area (Å²) in [5.74, 6) is -0.789. The van der Waals surface area contributed by atoms with Gasteiger partial charge < -0.3 is 18.8 Å². The van der Waals surface area contributed by atoms with Gasteiger partial charge in [0.2, 0.25) is 0 Å². The van der Waals surface area contributed by atoms with Crippen LogP contribution in [0.2, 0.25) is 0 Å². The van der Waals surface area contributed by atoms with Crippen molar-refractivity contribution < 1.29 is 19.1 Å². The lowest BCUT2D eigenvalue weighted by molar-refractivity contribution is -0.122. The first kappa shape index (κ1) is 25.3. The van der Waals surface area contributed by atoms with Crippen LogP contribution in [0.3, 0.4) is 0 Å². The molecular weight excluding hydrogens is 480 g/mol.